The van der Waals surface area contributed by atoms with Gasteiger partial charge in [0.1, 0.15) is 5.69 Å². The lowest BCUT2D eigenvalue weighted by molar-refractivity contribution is -0.115. The number of para-hydroxylation sites is 1. The zero-order valence-corrected chi connectivity index (χ0v) is 17.6. The molecule has 0 saturated carbocycles. The summed E-state index contributed by atoms with van der Waals surface area (Å²) in [5.74, 6) is -0.334. The smallest absolute Gasteiger partial charge is 0.319 e. The van der Waals surface area contributed by atoms with Crippen LogP contribution in [0.25, 0.3) is 5.69 Å². The zero-order valence-electron chi connectivity index (χ0n) is 16.8. The first kappa shape index (κ1) is 20.7. The normalized spacial score (nSPS) is 12.1. The Kier molecular flexibility index (Phi) is 6.12. The van der Waals surface area contributed by atoms with E-state index < -0.39 is 5.25 Å². The molecule has 3 rings (SSSR count). The molecule has 0 fully saturated rings. The second-order valence-corrected chi connectivity index (χ2v) is 7.96. The molecule has 10 heteroatoms. The first-order valence-electron chi connectivity index (χ1n) is 9.31. The molecular weight excluding hydrogens is 392 g/mol. The summed E-state index contributed by atoms with van der Waals surface area (Å²) < 4.78 is 4.72. The number of amides is 1. The van der Waals surface area contributed by atoms with E-state index in [0.29, 0.717) is 23.1 Å². The van der Waals surface area contributed by atoms with Crippen molar-refractivity contribution in [1.29, 1.82) is 0 Å². The number of benzene rings is 1. The number of carbonyl (C=O) groups excluding carboxylic acids is 1. The number of hydrogen-bond acceptors (Lipinski definition) is 5. The average molecular weight is 417 g/mol. The van der Waals surface area contributed by atoms with Gasteiger partial charge in [0.05, 0.1) is 16.6 Å². The van der Waals surface area contributed by atoms with Crippen molar-refractivity contribution in [2.24, 2.45) is 7.05 Å². The molecule has 0 bridgehead atoms. The van der Waals surface area contributed by atoms with Gasteiger partial charge in [0.2, 0.25) is 5.91 Å². The van der Waals surface area contributed by atoms with Crippen molar-refractivity contribution in [3.05, 3.63) is 56.9 Å². The fraction of sp³-hybridized carbons (Fsp3) is 0.368. The summed E-state index contributed by atoms with van der Waals surface area (Å²) in [4.78, 5) is 37.5. The molecule has 29 heavy (non-hydrogen) atoms. The van der Waals surface area contributed by atoms with E-state index in [1.54, 1.807) is 25.6 Å². The van der Waals surface area contributed by atoms with Gasteiger partial charge < -0.3 is 5.32 Å². The van der Waals surface area contributed by atoms with E-state index in [0.717, 1.165) is 6.42 Å². The van der Waals surface area contributed by atoms with E-state index in [2.05, 4.69) is 15.5 Å². The van der Waals surface area contributed by atoms with Crippen LogP contribution in [0.5, 0.6) is 0 Å². The predicted molar refractivity (Wildman–Crippen MR) is 113 cm³/mol. The van der Waals surface area contributed by atoms with Crippen LogP contribution in [0.1, 0.15) is 26.0 Å². The van der Waals surface area contributed by atoms with Gasteiger partial charge in [0.25, 0.3) is 5.56 Å². The fourth-order valence-corrected chi connectivity index (χ4v) is 3.84. The topological polar surface area (TPSA) is 107 Å². The monoisotopic (exact) mass is 416 g/mol. The van der Waals surface area contributed by atoms with Crippen molar-refractivity contribution in [3.8, 4) is 5.69 Å². The molecule has 0 aliphatic carbocycles. The number of carbonyl (C=O) groups is 1. The Morgan fingerprint density at radius 3 is 2.62 bits per heavy atom. The number of rotatable bonds is 7. The van der Waals surface area contributed by atoms with Crippen molar-refractivity contribution in [1.82, 2.24) is 24.1 Å². The summed E-state index contributed by atoms with van der Waals surface area (Å²) in [5.41, 5.74) is 0.996. The maximum atomic E-state index is 12.9. The van der Waals surface area contributed by atoms with Gasteiger partial charge in [-0.25, -0.2) is 14.6 Å². The van der Waals surface area contributed by atoms with Gasteiger partial charge in [0.15, 0.2) is 5.16 Å². The molecule has 2 aromatic heterocycles. The second kappa shape index (κ2) is 8.56. The van der Waals surface area contributed by atoms with Crippen LogP contribution in [0.2, 0.25) is 0 Å². The summed E-state index contributed by atoms with van der Waals surface area (Å²) in [6, 6.07) is 9.23. The number of nitrogens with zero attached hydrogens (tertiary/aromatic N) is 4. The van der Waals surface area contributed by atoms with E-state index in [1.165, 1.54) is 21.0 Å². The number of aromatic amines is 1. The number of hydrogen-bond donors (Lipinski definition) is 2. The van der Waals surface area contributed by atoms with Crippen LogP contribution in [0.15, 0.2) is 45.1 Å². The second-order valence-electron chi connectivity index (χ2n) is 6.65. The van der Waals surface area contributed by atoms with Gasteiger partial charge in [-0.3, -0.25) is 18.8 Å². The van der Waals surface area contributed by atoms with E-state index in [4.69, 9.17) is 0 Å². The van der Waals surface area contributed by atoms with Crippen LogP contribution in [0, 0.1) is 6.92 Å². The molecule has 0 radical (unpaired) electrons. The quantitative estimate of drug-likeness (QED) is 0.572. The number of nitrogens with one attached hydrogen (secondary N) is 2. The molecule has 2 heterocycles. The minimum atomic E-state index is -0.551. The number of H-pyrrole nitrogens is 1. The molecule has 0 saturated heterocycles. The molecule has 1 amide bonds. The Bertz CT molecular complexity index is 1130. The summed E-state index contributed by atoms with van der Waals surface area (Å²) in [5, 5.41) is 9.05. The summed E-state index contributed by atoms with van der Waals surface area (Å²) in [6.07, 6.45) is 0.774. The van der Waals surface area contributed by atoms with E-state index in [-0.39, 0.29) is 22.8 Å². The number of aromatic nitrogens is 5. The van der Waals surface area contributed by atoms with Crippen molar-refractivity contribution in [2.75, 3.05) is 5.32 Å². The van der Waals surface area contributed by atoms with Crippen molar-refractivity contribution in [3.63, 3.8) is 0 Å². The Morgan fingerprint density at radius 1 is 1.28 bits per heavy atom. The third-order valence-corrected chi connectivity index (χ3v) is 5.71. The molecule has 1 aromatic carbocycles. The van der Waals surface area contributed by atoms with Crippen molar-refractivity contribution < 1.29 is 4.79 Å². The van der Waals surface area contributed by atoms with Crippen LogP contribution in [-0.4, -0.2) is 35.3 Å². The van der Waals surface area contributed by atoms with E-state index in [9.17, 15) is 14.4 Å². The van der Waals surface area contributed by atoms with Crippen LogP contribution >= 0.6 is 11.8 Å². The number of thioether (sulfide) groups is 1. The molecule has 3 aromatic rings. The zero-order chi connectivity index (χ0) is 21.1. The Labute approximate surface area is 171 Å². The maximum Gasteiger partial charge on any atom is 0.343 e. The average Bonchev–Trinajstić information content (AvgIpc) is 3.15. The first-order chi connectivity index (χ1) is 13.8. The van der Waals surface area contributed by atoms with Crippen LogP contribution in [0.4, 0.5) is 5.69 Å². The lowest BCUT2D eigenvalue weighted by Gasteiger charge is -2.11. The van der Waals surface area contributed by atoms with Gasteiger partial charge in [-0.05, 0) is 32.4 Å². The lowest BCUT2D eigenvalue weighted by Crippen LogP contribution is -2.27. The minimum Gasteiger partial charge on any atom is -0.319 e. The van der Waals surface area contributed by atoms with Crippen LogP contribution in [-0.2, 0) is 18.4 Å². The summed E-state index contributed by atoms with van der Waals surface area (Å²) in [7, 11) is 1.77. The Balaban J connectivity index is 1.83. The molecule has 0 aliphatic rings. The molecule has 154 valence electrons. The Morgan fingerprint density at radius 2 is 1.97 bits per heavy atom. The highest BCUT2D eigenvalue weighted by Crippen LogP contribution is 2.22. The van der Waals surface area contributed by atoms with Crippen LogP contribution in [0.3, 0.4) is 0 Å². The molecule has 1 atom stereocenters. The minimum absolute atomic E-state index is 0.238. The van der Waals surface area contributed by atoms with Gasteiger partial charge in [-0.1, -0.05) is 36.9 Å². The standard InChI is InChI=1S/C19H24N6O3S/c1-5-11-24-18(28)21-22-19(24)29-13(3)16(26)20-15-12(2)23(4)25(17(15)27)14-9-7-6-8-10-14/h6-10,13H,5,11H2,1-4H3,(H,20,26)(H,21,28)/t13-/m0/s1. The first-order valence-corrected chi connectivity index (χ1v) is 10.2. The van der Waals surface area contributed by atoms with E-state index in [1.807, 2.05) is 37.3 Å². The third kappa shape index (κ3) is 4.07. The largest absolute Gasteiger partial charge is 0.343 e. The molecular formula is C19H24N6O3S. The number of anilines is 1. The highest BCUT2D eigenvalue weighted by atomic mass is 32.2. The molecule has 0 spiro atoms. The molecule has 9 nitrogen and oxygen atoms in total. The predicted octanol–water partition coefficient (Wildman–Crippen LogP) is 1.90. The highest BCUT2D eigenvalue weighted by molar-refractivity contribution is 8.00. The van der Waals surface area contributed by atoms with E-state index >= 15 is 0 Å². The van der Waals surface area contributed by atoms with Crippen LogP contribution < -0.4 is 16.6 Å². The Hall–Kier alpha value is -3.01. The fourth-order valence-electron chi connectivity index (χ4n) is 2.96. The van der Waals surface area contributed by atoms with Crippen molar-refractivity contribution >= 4 is 23.4 Å². The van der Waals surface area contributed by atoms with Crippen molar-refractivity contribution in [2.45, 2.75) is 44.1 Å². The highest BCUT2D eigenvalue weighted by Gasteiger charge is 2.23. The maximum absolute atomic E-state index is 12.9. The van der Waals surface area contributed by atoms with Gasteiger partial charge in [0, 0.05) is 13.6 Å². The van der Waals surface area contributed by atoms with Gasteiger partial charge >= 0.3 is 5.69 Å². The summed E-state index contributed by atoms with van der Waals surface area (Å²) in [6.45, 7) is 5.97. The molecule has 0 aliphatic heterocycles. The lowest BCUT2D eigenvalue weighted by atomic mass is 10.3. The SMILES string of the molecule is CCCn1c(S[C@@H](C)C(=O)Nc2c(C)n(C)n(-c3ccccc3)c2=O)n[nH]c1=O. The molecule has 2 N–H and O–H groups in total. The van der Waals surface area contributed by atoms with Gasteiger partial charge in [-0.2, -0.15) is 0 Å². The third-order valence-electron chi connectivity index (χ3n) is 4.62. The van der Waals surface area contributed by atoms with Gasteiger partial charge in [-0.15, -0.1) is 5.10 Å². The summed E-state index contributed by atoms with van der Waals surface area (Å²) >= 11 is 1.17. The molecule has 0 unspecified atom stereocenters.